The molecule has 1 aliphatic heterocycles. The molecule has 5 nitrogen and oxygen atoms in total. The summed E-state index contributed by atoms with van der Waals surface area (Å²) in [5.41, 5.74) is -1.28. The molecule has 1 aliphatic rings. The van der Waals surface area contributed by atoms with Gasteiger partial charge in [0.15, 0.2) is 0 Å². The van der Waals surface area contributed by atoms with Gasteiger partial charge in [-0.05, 0) is 39.5 Å². The lowest BCUT2D eigenvalue weighted by Crippen LogP contribution is -2.42. The van der Waals surface area contributed by atoms with E-state index in [1.54, 1.807) is 0 Å². The highest BCUT2D eigenvalue weighted by molar-refractivity contribution is 5.66. The van der Waals surface area contributed by atoms with Crippen molar-refractivity contribution in [3.63, 3.8) is 0 Å². The van der Waals surface area contributed by atoms with Gasteiger partial charge in [0.05, 0.1) is 12.1 Å². The Morgan fingerprint density at radius 3 is 1.81 bits per heavy atom. The summed E-state index contributed by atoms with van der Waals surface area (Å²) in [6, 6.07) is 0. The maximum Gasteiger partial charge on any atom is 0.303 e. The summed E-state index contributed by atoms with van der Waals surface area (Å²) in [5.74, 6) is -0.811. The number of rotatable bonds is 16. The third-order valence-electron chi connectivity index (χ3n) is 5.57. The Morgan fingerprint density at radius 2 is 1.37 bits per heavy atom. The summed E-state index contributed by atoms with van der Waals surface area (Å²) in [5, 5.41) is 22.5. The van der Waals surface area contributed by atoms with Crippen LogP contribution >= 0.6 is 0 Å². The summed E-state index contributed by atoms with van der Waals surface area (Å²) >= 11 is 0. The number of nitrogens with zero attached hydrogens (tertiary/aromatic N) is 1. The number of carboxylic acid groups (broad SMARTS) is 1. The Hall–Kier alpha value is -0.650. The first-order valence-corrected chi connectivity index (χ1v) is 11.2. The molecule has 1 heterocycles. The second-order valence-electron chi connectivity index (χ2n) is 8.88. The first-order chi connectivity index (χ1) is 12.8. The monoisotopic (exact) mass is 384 g/mol. The normalized spacial score (nSPS) is 22.4. The lowest BCUT2D eigenvalue weighted by molar-refractivity contribution is -0.275. The van der Waals surface area contributed by atoms with Gasteiger partial charge in [0.25, 0.3) is 0 Å². The maximum atomic E-state index is 12.5. The molecule has 1 atom stereocenters. The maximum absolute atomic E-state index is 12.5. The highest BCUT2D eigenvalue weighted by Crippen LogP contribution is 2.40. The van der Waals surface area contributed by atoms with Crippen LogP contribution in [0.3, 0.4) is 0 Å². The first-order valence-electron chi connectivity index (χ1n) is 11.2. The van der Waals surface area contributed by atoms with Crippen molar-refractivity contribution in [1.29, 1.82) is 0 Å². The van der Waals surface area contributed by atoms with Crippen molar-refractivity contribution in [2.45, 2.75) is 128 Å². The second kappa shape index (κ2) is 12.7. The standard InChI is InChI=1S/C22H42NO4/c1-4-5-6-7-8-9-10-11-12-13-14-17-22(18-15-16-20(24)25)23(26)19-21(2,3)27-22/h4-19H2,1-3H3,(H,24,25). The van der Waals surface area contributed by atoms with Crippen molar-refractivity contribution in [2.75, 3.05) is 6.54 Å². The van der Waals surface area contributed by atoms with E-state index in [-0.39, 0.29) is 6.42 Å². The molecule has 1 fully saturated rings. The number of ether oxygens (including phenoxy) is 1. The number of unbranched alkanes of at least 4 members (excludes halogenated alkanes) is 10. The molecule has 0 saturated carbocycles. The fourth-order valence-corrected chi connectivity index (χ4v) is 4.15. The van der Waals surface area contributed by atoms with Gasteiger partial charge in [-0.3, -0.25) is 4.79 Å². The second-order valence-corrected chi connectivity index (χ2v) is 8.88. The van der Waals surface area contributed by atoms with Crippen molar-refractivity contribution in [3.8, 4) is 0 Å². The van der Waals surface area contributed by atoms with Gasteiger partial charge in [-0.15, -0.1) is 10.3 Å². The molecular weight excluding hydrogens is 342 g/mol. The highest BCUT2D eigenvalue weighted by atomic mass is 16.6. The van der Waals surface area contributed by atoms with E-state index in [0.29, 0.717) is 25.8 Å². The average Bonchev–Trinajstić information content (AvgIpc) is 2.81. The molecule has 0 aromatic carbocycles. The molecule has 0 spiro atoms. The molecule has 27 heavy (non-hydrogen) atoms. The van der Waals surface area contributed by atoms with Crippen LogP contribution in [0.25, 0.3) is 0 Å². The minimum atomic E-state index is -0.821. The first kappa shape index (κ1) is 24.4. The molecule has 0 bridgehead atoms. The van der Waals surface area contributed by atoms with Crippen LogP contribution in [-0.2, 0) is 14.7 Å². The Balaban J connectivity index is 2.23. The van der Waals surface area contributed by atoms with Crippen molar-refractivity contribution in [1.82, 2.24) is 5.06 Å². The molecule has 0 aliphatic carbocycles. The van der Waals surface area contributed by atoms with Gasteiger partial charge < -0.3 is 9.84 Å². The fourth-order valence-electron chi connectivity index (χ4n) is 4.15. The Kier molecular flexibility index (Phi) is 11.5. The molecule has 0 aromatic heterocycles. The molecule has 1 N–H and O–H groups in total. The van der Waals surface area contributed by atoms with Crippen molar-refractivity contribution in [3.05, 3.63) is 0 Å². The summed E-state index contributed by atoms with van der Waals surface area (Å²) in [6.07, 6.45) is 15.8. The van der Waals surface area contributed by atoms with Crippen LogP contribution in [0.4, 0.5) is 0 Å². The largest absolute Gasteiger partial charge is 0.481 e. The number of hydrogen-bond acceptors (Lipinski definition) is 3. The van der Waals surface area contributed by atoms with Crippen LogP contribution < -0.4 is 0 Å². The lowest BCUT2D eigenvalue weighted by atomic mass is 9.97. The SMILES string of the molecule is CCCCCCCCCCCCCC1(CCCC(=O)O)OC(C)(C)CN1[O]. The van der Waals surface area contributed by atoms with Crippen molar-refractivity contribution < 1.29 is 19.8 Å². The van der Waals surface area contributed by atoms with Gasteiger partial charge in [0.2, 0.25) is 0 Å². The molecular formula is C22H42NO4. The zero-order valence-electron chi connectivity index (χ0n) is 17.9. The zero-order chi connectivity index (χ0) is 20.2. The predicted molar refractivity (Wildman–Crippen MR) is 108 cm³/mol. The van der Waals surface area contributed by atoms with E-state index >= 15 is 0 Å². The van der Waals surface area contributed by atoms with E-state index in [9.17, 15) is 10.0 Å². The molecule has 1 radical (unpaired) electrons. The van der Waals surface area contributed by atoms with Crippen molar-refractivity contribution in [2.24, 2.45) is 0 Å². The van der Waals surface area contributed by atoms with E-state index in [1.165, 1.54) is 57.8 Å². The predicted octanol–water partition coefficient (Wildman–Crippen LogP) is 6.10. The van der Waals surface area contributed by atoms with Crippen LogP contribution in [0, 0.1) is 0 Å². The summed E-state index contributed by atoms with van der Waals surface area (Å²) in [4.78, 5) is 10.8. The van der Waals surface area contributed by atoms with Crippen LogP contribution in [-0.4, -0.2) is 34.0 Å². The number of carboxylic acids is 1. The fraction of sp³-hybridized carbons (Fsp3) is 0.955. The van der Waals surface area contributed by atoms with Crippen LogP contribution in [0.1, 0.15) is 117 Å². The van der Waals surface area contributed by atoms with Gasteiger partial charge >= 0.3 is 5.97 Å². The summed E-state index contributed by atoms with van der Waals surface area (Å²) in [7, 11) is 0. The van der Waals surface area contributed by atoms with Gasteiger partial charge in [-0.1, -0.05) is 71.1 Å². The van der Waals surface area contributed by atoms with Gasteiger partial charge in [-0.25, -0.2) is 0 Å². The average molecular weight is 385 g/mol. The zero-order valence-corrected chi connectivity index (χ0v) is 17.9. The Bertz CT molecular complexity index is 413. The molecule has 159 valence electrons. The minimum absolute atomic E-state index is 0.0949. The Morgan fingerprint density at radius 1 is 0.889 bits per heavy atom. The van der Waals surface area contributed by atoms with E-state index in [2.05, 4.69) is 6.92 Å². The highest BCUT2D eigenvalue weighted by Gasteiger charge is 2.50. The topological polar surface area (TPSA) is 69.7 Å². The molecule has 0 amide bonds. The Labute approximate surface area is 166 Å². The molecule has 0 aromatic rings. The number of aliphatic carboxylic acids is 1. The molecule has 1 unspecified atom stereocenters. The quantitative estimate of drug-likeness (QED) is 0.327. The minimum Gasteiger partial charge on any atom is -0.481 e. The summed E-state index contributed by atoms with van der Waals surface area (Å²) in [6.45, 7) is 6.49. The third-order valence-corrected chi connectivity index (χ3v) is 5.57. The number of carbonyl (C=O) groups is 1. The van der Waals surface area contributed by atoms with Gasteiger partial charge in [0.1, 0.15) is 5.72 Å². The van der Waals surface area contributed by atoms with E-state index in [4.69, 9.17) is 9.84 Å². The smallest absolute Gasteiger partial charge is 0.303 e. The van der Waals surface area contributed by atoms with Crippen LogP contribution in [0.2, 0.25) is 0 Å². The molecule has 1 rings (SSSR count). The lowest BCUT2D eigenvalue weighted by Gasteiger charge is -2.33. The van der Waals surface area contributed by atoms with Gasteiger partial charge in [-0.2, -0.15) is 0 Å². The van der Waals surface area contributed by atoms with Crippen LogP contribution in [0.5, 0.6) is 0 Å². The number of hydroxylamine groups is 2. The number of hydrogen-bond donors (Lipinski definition) is 1. The van der Waals surface area contributed by atoms with Crippen molar-refractivity contribution >= 4 is 5.97 Å². The van der Waals surface area contributed by atoms with Gasteiger partial charge in [0, 0.05) is 6.42 Å². The third kappa shape index (κ3) is 9.91. The van der Waals surface area contributed by atoms with E-state index in [0.717, 1.165) is 17.9 Å². The van der Waals surface area contributed by atoms with E-state index in [1.807, 2.05) is 13.8 Å². The van der Waals surface area contributed by atoms with E-state index < -0.39 is 17.3 Å². The summed E-state index contributed by atoms with van der Waals surface area (Å²) < 4.78 is 6.14. The molecule has 1 saturated heterocycles. The van der Waals surface area contributed by atoms with Crippen LogP contribution in [0.15, 0.2) is 0 Å². The molecule has 5 heteroatoms.